The van der Waals surface area contributed by atoms with Gasteiger partial charge >= 0.3 is 0 Å². The maximum Gasteiger partial charge on any atom is 0.283 e. The molecule has 0 fully saturated rings. The number of fused-ring (bicyclic) bond motifs is 1. The smallest absolute Gasteiger partial charge is 0.283 e. The highest BCUT2D eigenvalue weighted by Gasteiger charge is 2.21. The molecule has 0 spiro atoms. The van der Waals surface area contributed by atoms with Crippen LogP contribution in [0.2, 0.25) is 5.02 Å². The molecule has 0 unspecified atom stereocenters. The second-order valence-electron chi connectivity index (χ2n) is 7.35. The summed E-state index contributed by atoms with van der Waals surface area (Å²) in [5, 5.41) is 7.99. The standard InChI is InChI=1S/C22H22ClN5OS/c1-27(2)8-9-28(14-15-4-3-5-18(23)10-15)22(29)21-26-19-7-6-16(11-20(19)30-21)17-12-24-25-13-17/h3-7,10-13H,8-9,14H2,1-2H3,(H,24,25). The fraction of sp³-hybridized carbons (Fsp3) is 0.227. The molecule has 4 rings (SSSR count). The number of benzene rings is 2. The normalized spacial score (nSPS) is 11.3. The summed E-state index contributed by atoms with van der Waals surface area (Å²) in [6.45, 7) is 1.86. The van der Waals surface area contributed by atoms with Gasteiger partial charge in [0.1, 0.15) is 0 Å². The van der Waals surface area contributed by atoms with Crippen molar-refractivity contribution in [3.05, 3.63) is 70.5 Å². The number of aromatic amines is 1. The van der Waals surface area contributed by atoms with Crippen LogP contribution in [0.1, 0.15) is 15.4 Å². The first-order valence-corrected chi connectivity index (χ1v) is 10.8. The van der Waals surface area contributed by atoms with Crippen LogP contribution in [0.4, 0.5) is 0 Å². The first-order chi connectivity index (χ1) is 14.5. The Kier molecular flexibility index (Phi) is 6.13. The predicted molar refractivity (Wildman–Crippen MR) is 122 cm³/mol. The van der Waals surface area contributed by atoms with Crippen LogP contribution in [0.25, 0.3) is 21.3 Å². The molecule has 6 nitrogen and oxygen atoms in total. The van der Waals surface area contributed by atoms with E-state index in [0.717, 1.165) is 33.5 Å². The van der Waals surface area contributed by atoms with Crippen LogP contribution in [-0.2, 0) is 6.54 Å². The Morgan fingerprint density at radius 3 is 2.73 bits per heavy atom. The molecule has 0 saturated heterocycles. The van der Waals surface area contributed by atoms with Crippen molar-refractivity contribution in [2.24, 2.45) is 0 Å². The lowest BCUT2D eigenvalue weighted by molar-refractivity contribution is 0.0732. The van der Waals surface area contributed by atoms with Gasteiger partial charge in [-0.3, -0.25) is 9.89 Å². The van der Waals surface area contributed by atoms with Crippen LogP contribution in [0.15, 0.2) is 54.9 Å². The Morgan fingerprint density at radius 1 is 1.13 bits per heavy atom. The first-order valence-electron chi connectivity index (χ1n) is 9.58. The van der Waals surface area contributed by atoms with Gasteiger partial charge in [-0.25, -0.2) is 4.98 Å². The van der Waals surface area contributed by atoms with Gasteiger partial charge in [-0.15, -0.1) is 11.3 Å². The van der Waals surface area contributed by atoms with Crippen molar-refractivity contribution in [1.29, 1.82) is 0 Å². The van der Waals surface area contributed by atoms with Gasteiger partial charge in [0.15, 0.2) is 5.01 Å². The fourth-order valence-electron chi connectivity index (χ4n) is 3.17. The third kappa shape index (κ3) is 4.70. The molecular weight excluding hydrogens is 418 g/mol. The Morgan fingerprint density at radius 2 is 2.00 bits per heavy atom. The molecule has 2 aromatic heterocycles. The summed E-state index contributed by atoms with van der Waals surface area (Å²) in [7, 11) is 3.99. The molecule has 0 aliphatic rings. The maximum atomic E-state index is 13.3. The zero-order valence-electron chi connectivity index (χ0n) is 16.8. The molecule has 154 valence electrons. The summed E-state index contributed by atoms with van der Waals surface area (Å²) in [5.74, 6) is -0.0668. The number of hydrogen-bond acceptors (Lipinski definition) is 5. The number of carbonyl (C=O) groups excluding carboxylic acids is 1. The van der Waals surface area contributed by atoms with Crippen LogP contribution in [-0.4, -0.2) is 58.1 Å². The van der Waals surface area contributed by atoms with Crippen LogP contribution in [0, 0.1) is 0 Å². The Bertz CT molecular complexity index is 1160. The van der Waals surface area contributed by atoms with Crippen LogP contribution >= 0.6 is 22.9 Å². The number of likely N-dealkylation sites (N-methyl/N-ethyl adjacent to an activating group) is 1. The minimum atomic E-state index is -0.0668. The molecule has 0 aliphatic carbocycles. The molecule has 30 heavy (non-hydrogen) atoms. The van der Waals surface area contributed by atoms with Crippen molar-refractivity contribution in [3.63, 3.8) is 0 Å². The summed E-state index contributed by atoms with van der Waals surface area (Å²) < 4.78 is 0.979. The summed E-state index contributed by atoms with van der Waals surface area (Å²) >= 11 is 7.55. The zero-order valence-corrected chi connectivity index (χ0v) is 18.4. The highest BCUT2D eigenvalue weighted by molar-refractivity contribution is 7.20. The largest absolute Gasteiger partial charge is 0.331 e. The van der Waals surface area contributed by atoms with Gasteiger partial charge in [-0.2, -0.15) is 5.10 Å². The number of carbonyl (C=O) groups is 1. The molecule has 4 aromatic rings. The van der Waals surface area contributed by atoms with E-state index >= 15 is 0 Å². The van der Waals surface area contributed by atoms with Gasteiger partial charge in [-0.1, -0.05) is 29.8 Å². The van der Waals surface area contributed by atoms with E-state index in [0.29, 0.717) is 23.1 Å². The van der Waals surface area contributed by atoms with Gasteiger partial charge in [0, 0.05) is 36.4 Å². The third-order valence-electron chi connectivity index (χ3n) is 4.77. The zero-order chi connectivity index (χ0) is 21.1. The van der Waals surface area contributed by atoms with E-state index in [4.69, 9.17) is 11.6 Å². The number of hydrogen-bond donors (Lipinski definition) is 1. The Labute approximate surface area is 184 Å². The van der Waals surface area contributed by atoms with Gasteiger partial charge in [0.2, 0.25) is 0 Å². The lowest BCUT2D eigenvalue weighted by Crippen LogP contribution is -2.36. The second kappa shape index (κ2) is 8.95. The van der Waals surface area contributed by atoms with Crippen molar-refractivity contribution < 1.29 is 4.79 Å². The molecule has 0 radical (unpaired) electrons. The molecule has 1 amide bonds. The molecule has 1 N–H and O–H groups in total. The van der Waals surface area contributed by atoms with Crippen LogP contribution in [0.3, 0.4) is 0 Å². The third-order valence-corrected chi connectivity index (χ3v) is 6.01. The summed E-state index contributed by atoms with van der Waals surface area (Å²) in [4.78, 5) is 21.8. The number of H-pyrrole nitrogens is 1. The fourth-order valence-corrected chi connectivity index (χ4v) is 4.35. The molecule has 0 aliphatic heterocycles. The molecule has 2 aromatic carbocycles. The van der Waals surface area contributed by atoms with E-state index in [-0.39, 0.29) is 5.91 Å². The van der Waals surface area contributed by atoms with Crippen LogP contribution in [0.5, 0.6) is 0 Å². The van der Waals surface area contributed by atoms with E-state index < -0.39 is 0 Å². The van der Waals surface area contributed by atoms with Gasteiger partial charge in [0.05, 0.1) is 16.4 Å². The van der Waals surface area contributed by atoms with Crippen molar-refractivity contribution in [3.8, 4) is 11.1 Å². The quantitative estimate of drug-likeness (QED) is 0.459. The van der Waals surface area contributed by atoms with Gasteiger partial charge < -0.3 is 9.80 Å². The Balaban J connectivity index is 1.61. The van der Waals surface area contributed by atoms with Crippen molar-refractivity contribution >= 4 is 39.1 Å². The summed E-state index contributed by atoms with van der Waals surface area (Å²) in [6.07, 6.45) is 3.63. The predicted octanol–water partition coefficient (Wildman–Crippen LogP) is 4.54. The number of aromatic nitrogens is 3. The number of nitrogens with one attached hydrogen (secondary N) is 1. The van der Waals surface area contributed by atoms with E-state index in [2.05, 4.69) is 26.1 Å². The minimum Gasteiger partial charge on any atom is -0.331 e. The lowest BCUT2D eigenvalue weighted by atomic mass is 10.1. The van der Waals surface area contributed by atoms with Gasteiger partial charge in [-0.05, 0) is 49.5 Å². The topological polar surface area (TPSA) is 65.1 Å². The van der Waals surface area contributed by atoms with E-state index in [1.165, 1.54) is 11.3 Å². The van der Waals surface area contributed by atoms with E-state index in [9.17, 15) is 4.79 Å². The Hall–Kier alpha value is -2.74. The number of nitrogens with zero attached hydrogens (tertiary/aromatic N) is 4. The lowest BCUT2D eigenvalue weighted by Gasteiger charge is -2.23. The SMILES string of the molecule is CN(C)CCN(Cc1cccc(Cl)c1)C(=O)c1nc2ccc(-c3cn[nH]c3)cc2s1. The highest BCUT2D eigenvalue weighted by atomic mass is 35.5. The molecule has 8 heteroatoms. The highest BCUT2D eigenvalue weighted by Crippen LogP contribution is 2.28. The molecule has 0 atom stereocenters. The average molecular weight is 440 g/mol. The maximum absolute atomic E-state index is 13.3. The monoisotopic (exact) mass is 439 g/mol. The van der Waals surface area contributed by atoms with E-state index in [1.807, 2.05) is 61.6 Å². The number of thiazole rings is 1. The molecule has 2 heterocycles. The minimum absolute atomic E-state index is 0.0668. The number of rotatable bonds is 7. The summed E-state index contributed by atoms with van der Waals surface area (Å²) in [5.41, 5.74) is 3.87. The number of amides is 1. The van der Waals surface area contributed by atoms with Crippen molar-refractivity contribution in [2.45, 2.75) is 6.54 Å². The molecule has 0 saturated carbocycles. The number of halogens is 1. The van der Waals surface area contributed by atoms with Gasteiger partial charge in [0.25, 0.3) is 5.91 Å². The molecule has 0 bridgehead atoms. The van der Waals surface area contributed by atoms with E-state index in [1.54, 1.807) is 6.20 Å². The molecular formula is C22H22ClN5OS. The van der Waals surface area contributed by atoms with Crippen molar-refractivity contribution in [1.82, 2.24) is 25.0 Å². The first kappa shape index (κ1) is 20.5. The van der Waals surface area contributed by atoms with Crippen LogP contribution < -0.4 is 0 Å². The van der Waals surface area contributed by atoms with Crippen molar-refractivity contribution in [2.75, 3.05) is 27.2 Å². The second-order valence-corrected chi connectivity index (χ2v) is 8.82. The summed E-state index contributed by atoms with van der Waals surface area (Å²) in [6, 6.07) is 13.6. The average Bonchev–Trinajstić information content (AvgIpc) is 3.39.